The minimum atomic E-state index is -0.792. The predicted molar refractivity (Wildman–Crippen MR) is 150 cm³/mol. The molecule has 3 aromatic carbocycles. The van der Waals surface area contributed by atoms with Crippen LogP contribution in [0.2, 0.25) is 0 Å². The van der Waals surface area contributed by atoms with Crippen molar-refractivity contribution < 1.29 is 28.2 Å². The zero-order valence-electron chi connectivity index (χ0n) is 23.5. The summed E-state index contributed by atoms with van der Waals surface area (Å²) in [4.78, 5) is 27.1. The first kappa shape index (κ1) is 28.0. The van der Waals surface area contributed by atoms with Gasteiger partial charge < -0.3 is 24.4 Å². The largest absolute Gasteiger partial charge is 0.496 e. The van der Waals surface area contributed by atoms with Gasteiger partial charge in [0.2, 0.25) is 0 Å². The molecule has 0 saturated carbocycles. The summed E-state index contributed by atoms with van der Waals surface area (Å²) in [6.45, 7) is 9.48. The quantitative estimate of drug-likeness (QED) is 0.262. The number of aryl methyl sites for hydroxylation is 1. The van der Waals surface area contributed by atoms with Crippen LogP contribution in [-0.2, 0) is 16.2 Å². The van der Waals surface area contributed by atoms with Crippen molar-refractivity contribution >= 4 is 23.3 Å². The van der Waals surface area contributed by atoms with E-state index in [0.29, 0.717) is 29.4 Å². The number of fused-ring (bicyclic) bond motifs is 1. The van der Waals surface area contributed by atoms with Crippen LogP contribution in [0.5, 0.6) is 17.2 Å². The zero-order valence-corrected chi connectivity index (χ0v) is 23.5. The molecule has 0 saturated heterocycles. The second-order valence-corrected chi connectivity index (χ2v) is 10.7. The molecule has 0 aliphatic carbocycles. The first-order chi connectivity index (χ1) is 18.4. The molecule has 4 rings (SSSR count). The molecule has 0 radical (unpaired) electrons. The van der Waals surface area contributed by atoms with Gasteiger partial charge in [-0.25, -0.2) is 4.39 Å². The van der Waals surface area contributed by atoms with Gasteiger partial charge in [-0.05, 0) is 62.1 Å². The Morgan fingerprint density at radius 1 is 1.05 bits per heavy atom. The molecule has 1 N–H and O–H groups in total. The Kier molecular flexibility index (Phi) is 7.86. The standard InChI is InChI=1S/C31H35FN2O5/c1-18(2)14-28(35)39-21-10-11-23(27(16-21)37-7)22-12-13-25-29(34(6)30(36)31(4,5)33-25)24(22)17-38-26-15-20(32)9-8-19(26)3/h8-13,15-16,18,33H,14,17H2,1-7H3. The third-order valence-electron chi connectivity index (χ3n) is 6.70. The van der Waals surface area contributed by atoms with Crippen LogP contribution in [0.1, 0.15) is 45.2 Å². The van der Waals surface area contributed by atoms with Crippen LogP contribution < -0.4 is 24.4 Å². The van der Waals surface area contributed by atoms with Crippen LogP contribution >= 0.6 is 0 Å². The van der Waals surface area contributed by atoms with E-state index < -0.39 is 11.4 Å². The second kappa shape index (κ2) is 11.0. The van der Waals surface area contributed by atoms with E-state index in [4.69, 9.17) is 14.2 Å². The van der Waals surface area contributed by atoms with Crippen LogP contribution in [0.25, 0.3) is 11.1 Å². The van der Waals surface area contributed by atoms with Crippen molar-refractivity contribution in [2.75, 3.05) is 24.4 Å². The summed E-state index contributed by atoms with van der Waals surface area (Å²) < 4.78 is 31.4. The number of rotatable bonds is 8. The summed E-state index contributed by atoms with van der Waals surface area (Å²) in [5.74, 6) is 0.643. The highest BCUT2D eigenvalue weighted by Crippen LogP contribution is 2.45. The third-order valence-corrected chi connectivity index (χ3v) is 6.70. The minimum absolute atomic E-state index is 0.0663. The SMILES string of the molecule is COc1cc(OC(=O)CC(C)C)ccc1-c1ccc2c(c1COc1cc(F)ccc1C)N(C)C(=O)C(C)(C)N2. The van der Waals surface area contributed by atoms with Crippen LogP contribution in [0.15, 0.2) is 48.5 Å². The van der Waals surface area contributed by atoms with Crippen molar-refractivity contribution in [1.29, 1.82) is 0 Å². The average molecular weight is 535 g/mol. The Morgan fingerprint density at radius 2 is 1.77 bits per heavy atom. The summed E-state index contributed by atoms with van der Waals surface area (Å²) in [6, 6.07) is 13.5. The molecule has 3 aromatic rings. The van der Waals surface area contributed by atoms with Crippen molar-refractivity contribution in [3.63, 3.8) is 0 Å². The van der Waals surface area contributed by atoms with Gasteiger partial charge in [-0.2, -0.15) is 0 Å². The Hall–Kier alpha value is -4.07. The van der Waals surface area contributed by atoms with Gasteiger partial charge in [0.1, 0.15) is 35.2 Å². The smallest absolute Gasteiger partial charge is 0.311 e. The molecule has 1 amide bonds. The number of ether oxygens (including phenoxy) is 3. The van der Waals surface area contributed by atoms with E-state index in [9.17, 15) is 14.0 Å². The summed E-state index contributed by atoms with van der Waals surface area (Å²) >= 11 is 0. The topological polar surface area (TPSA) is 77.1 Å². The number of hydrogen-bond acceptors (Lipinski definition) is 6. The van der Waals surface area contributed by atoms with Crippen molar-refractivity contribution in [2.45, 2.75) is 53.2 Å². The summed E-state index contributed by atoms with van der Waals surface area (Å²) in [5, 5.41) is 3.33. The van der Waals surface area contributed by atoms with Crippen LogP contribution in [0.4, 0.5) is 15.8 Å². The fourth-order valence-electron chi connectivity index (χ4n) is 4.77. The Morgan fingerprint density at radius 3 is 2.46 bits per heavy atom. The molecule has 1 heterocycles. The monoisotopic (exact) mass is 534 g/mol. The number of anilines is 2. The maximum absolute atomic E-state index is 14.0. The number of amides is 1. The third kappa shape index (κ3) is 5.85. The van der Waals surface area contributed by atoms with Crippen LogP contribution in [-0.4, -0.2) is 31.6 Å². The lowest BCUT2D eigenvalue weighted by atomic mass is 9.91. The number of benzene rings is 3. The second-order valence-electron chi connectivity index (χ2n) is 10.7. The zero-order chi connectivity index (χ0) is 28.5. The highest BCUT2D eigenvalue weighted by atomic mass is 19.1. The molecular formula is C31H35FN2O5. The number of carbonyl (C=O) groups is 2. The number of likely N-dealkylation sites (N-methyl/N-ethyl adjacent to an activating group) is 1. The molecule has 0 aromatic heterocycles. The molecule has 1 aliphatic heterocycles. The van der Waals surface area contributed by atoms with Gasteiger partial charge in [-0.1, -0.05) is 26.0 Å². The Balaban J connectivity index is 1.81. The van der Waals surface area contributed by atoms with E-state index in [1.165, 1.54) is 12.1 Å². The van der Waals surface area contributed by atoms with E-state index in [-0.39, 0.29) is 24.4 Å². The highest BCUT2D eigenvalue weighted by Gasteiger charge is 2.38. The number of carbonyl (C=O) groups excluding carboxylic acids is 2. The molecule has 0 spiro atoms. The molecular weight excluding hydrogens is 499 g/mol. The maximum atomic E-state index is 14.0. The fourth-order valence-corrected chi connectivity index (χ4v) is 4.77. The van der Waals surface area contributed by atoms with E-state index in [1.807, 2.05) is 52.8 Å². The lowest BCUT2D eigenvalue weighted by Gasteiger charge is -2.39. The summed E-state index contributed by atoms with van der Waals surface area (Å²) in [5.41, 5.74) is 3.65. The van der Waals surface area contributed by atoms with Gasteiger partial charge in [0.25, 0.3) is 5.91 Å². The van der Waals surface area contributed by atoms with Gasteiger partial charge >= 0.3 is 5.97 Å². The normalized spacial score (nSPS) is 14.1. The number of nitrogens with one attached hydrogen (secondary N) is 1. The van der Waals surface area contributed by atoms with E-state index in [1.54, 1.807) is 37.3 Å². The molecule has 0 fully saturated rings. The van der Waals surface area contributed by atoms with E-state index in [2.05, 4.69) is 5.32 Å². The highest BCUT2D eigenvalue weighted by molar-refractivity contribution is 6.08. The van der Waals surface area contributed by atoms with E-state index >= 15 is 0 Å². The number of nitrogens with zero attached hydrogens (tertiary/aromatic N) is 1. The van der Waals surface area contributed by atoms with Gasteiger partial charge in [-0.3, -0.25) is 9.59 Å². The summed E-state index contributed by atoms with van der Waals surface area (Å²) in [7, 11) is 3.28. The maximum Gasteiger partial charge on any atom is 0.311 e. The number of methoxy groups -OCH3 is 1. The molecule has 206 valence electrons. The lowest BCUT2D eigenvalue weighted by Crippen LogP contribution is -2.52. The Bertz CT molecular complexity index is 1420. The average Bonchev–Trinajstić information content (AvgIpc) is 2.87. The first-order valence-corrected chi connectivity index (χ1v) is 12.9. The van der Waals surface area contributed by atoms with Gasteiger partial charge in [0, 0.05) is 36.7 Å². The van der Waals surface area contributed by atoms with Gasteiger partial charge in [0.05, 0.1) is 18.5 Å². The van der Waals surface area contributed by atoms with Crippen molar-refractivity contribution in [3.05, 3.63) is 65.5 Å². The molecule has 0 atom stereocenters. The van der Waals surface area contributed by atoms with Gasteiger partial charge in [-0.15, -0.1) is 0 Å². The molecule has 39 heavy (non-hydrogen) atoms. The van der Waals surface area contributed by atoms with Crippen LogP contribution in [0, 0.1) is 18.7 Å². The molecule has 1 aliphatic rings. The van der Waals surface area contributed by atoms with Crippen molar-refractivity contribution in [3.8, 4) is 28.4 Å². The Labute approximate surface area is 228 Å². The van der Waals surface area contributed by atoms with E-state index in [0.717, 1.165) is 27.9 Å². The van der Waals surface area contributed by atoms with Crippen molar-refractivity contribution in [2.24, 2.45) is 5.92 Å². The molecule has 8 heteroatoms. The fraction of sp³-hybridized carbons (Fsp3) is 0.355. The molecule has 0 unspecified atom stereocenters. The minimum Gasteiger partial charge on any atom is -0.496 e. The molecule has 7 nitrogen and oxygen atoms in total. The van der Waals surface area contributed by atoms with Crippen molar-refractivity contribution in [1.82, 2.24) is 0 Å². The van der Waals surface area contributed by atoms with Gasteiger partial charge in [0.15, 0.2) is 0 Å². The number of hydrogen-bond donors (Lipinski definition) is 1. The summed E-state index contributed by atoms with van der Waals surface area (Å²) in [6.07, 6.45) is 0.305. The number of esters is 1. The lowest BCUT2D eigenvalue weighted by molar-refractivity contribution is -0.135. The predicted octanol–water partition coefficient (Wildman–Crippen LogP) is 6.51. The molecule has 0 bridgehead atoms. The number of halogens is 1. The first-order valence-electron chi connectivity index (χ1n) is 12.9. The van der Waals surface area contributed by atoms with Crippen LogP contribution in [0.3, 0.4) is 0 Å².